The number of aryl methyl sites for hydroxylation is 1. The van der Waals surface area contributed by atoms with Gasteiger partial charge >= 0.3 is 6.03 Å². The summed E-state index contributed by atoms with van der Waals surface area (Å²) in [6.45, 7) is 0.0882. The highest BCUT2D eigenvalue weighted by atomic mass is 16.5. The summed E-state index contributed by atoms with van der Waals surface area (Å²) in [5.41, 5.74) is 2.51. The van der Waals surface area contributed by atoms with Crippen LogP contribution < -0.4 is 5.32 Å². The molecule has 1 fully saturated rings. The van der Waals surface area contributed by atoms with E-state index < -0.39 is 5.54 Å². The maximum atomic E-state index is 13.2. The van der Waals surface area contributed by atoms with Gasteiger partial charge in [-0.25, -0.2) is 4.79 Å². The van der Waals surface area contributed by atoms with E-state index in [0.717, 1.165) is 23.1 Å². The first-order valence-electron chi connectivity index (χ1n) is 8.91. The zero-order valence-electron chi connectivity index (χ0n) is 14.5. The van der Waals surface area contributed by atoms with E-state index >= 15 is 0 Å². The fraction of sp³-hybridized carbons (Fsp3) is 0.190. The Morgan fingerprint density at radius 3 is 2.70 bits per heavy atom. The van der Waals surface area contributed by atoms with Crippen LogP contribution >= 0.6 is 0 Å². The highest BCUT2D eigenvalue weighted by Gasteiger charge is 2.55. The van der Waals surface area contributed by atoms with E-state index in [4.69, 9.17) is 4.52 Å². The third-order valence-electron chi connectivity index (χ3n) is 5.36. The molecule has 1 aliphatic carbocycles. The van der Waals surface area contributed by atoms with Crippen LogP contribution in [0.4, 0.5) is 4.79 Å². The monoisotopic (exact) mass is 359 g/mol. The lowest BCUT2D eigenvalue weighted by atomic mass is 9.92. The summed E-state index contributed by atoms with van der Waals surface area (Å²) >= 11 is 0. The van der Waals surface area contributed by atoms with E-state index in [1.165, 1.54) is 4.90 Å². The molecular weight excluding hydrogens is 342 g/mol. The molecule has 3 aromatic rings. The van der Waals surface area contributed by atoms with Gasteiger partial charge in [0.1, 0.15) is 11.2 Å². The molecule has 1 aromatic heterocycles. The first kappa shape index (κ1) is 15.8. The second kappa shape index (κ2) is 5.81. The van der Waals surface area contributed by atoms with Gasteiger partial charge in [-0.15, -0.1) is 0 Å². The van der Waals surface area contributed by atoms with Crippen LogP contribution in [0.25, 0.3) is 11.3 Å². The third-order valence-corrected chi connectivity index (χ3v) is 5.36. The van der Waals surface area contributed by atoms with E-state index in [1.54, 1.807) is 6.07 Å². The van der Waals surface area contributed by atoms with E-state index in [-0.39, 0.29) is 18.5 Å². The summed E-state index contributed by atoms with van der Waals surface area (Å²) in [5, 5.41) is 6.96. The number of nitrogens with zero attached hydrogens (tertiary/aromatic N) is 2. The summed E-state index contributed by atoms with van der Waals surface area (Å²) in [5.74, 6) is 0.389. The summed E-state index contributed by atoms with van der Waals surface area (Å²) in [6, 6.07) is 18.8. The molecular formula is C21H17N3O3. The molecule has 1 N–H and O–H groups in total. The van der Waals surface area contributed by atoms with Crippen molar-refractivity contribution in [2.45, 2.75) is 24.9 Å². The molecule has 2 aliphatic rings. The van der Waals surface area contributed by atoms with Crippen LogP contribution in [0.5, 0.6) is 0 Å². The molecule has 1 aliphatic heterocycles. The van der Waals surface area contributed by atoms with Crippen molar-refractivity contribution in [1.29, 1.82) is 0 Å². The van der Waals surface area contributed by atoms with Gasteiger partial charge in [-0.1, -0.05) is 59.8 Å². The van der Waals surface area contributed by atoms with Crippen molar-refractivity contribution in [3.8, 4) is 11.3 Å². The van der Waals surface area contributed by atoms with E-state index in [1.807, 2.05) is 54.6 Å². The number of carbonyl (C=O) groups is 2. The van der Waals surface area contributed by atoms with E-state index in [9.17, 15) is 9.59 Å². The number of urea groups is 1. The zero-order chi connectivity index (χ0) is 18.4. The van der Waals surface area contributed by atoms with Gasteiger partial charge in [-0.05, 0) is 24.0 Å². The van der Waals surface area contributed by atoms with Crippen molar-refractivity contribution in [3.63, 3.8) is 0 Å². The lowest BCUT2D eigenvalue weighted by molar-refractivity contribution is -0.132. The van der Waals surface area contributed by atoms with Crippen molar-refractivity contribution in [2.24, 2.45) is 0 Å². The van der Waals surface area contributed by atoms with Crippen LogP contribution in [0.2, 0.25) is 0 Å². The van der Waals surface area contributed by atoms with Crippen LogP contribution in [0.15, 0.2) is 65.2 Å². The number of rotatable bonds is 3. The molecule has 2 heterocycles. The summed E-state index contributed by atoms with van der Waals surface area (Å²) in [4.78, 5) is 27.0. The Bertz CT molecular complexity index is 1040. The summed E-state index contributed by atoms with van der Waals surface area (Å²) in [6.07, 6.45) is 1.36. The minimum absolute atomic E-state index is 0.0882. The molecule has 0 unspecified atom stereocenters. The van der Waals surface area contributed by atoms with Gasteiger partial charge in [0, 0.05) is 11.6 Å². The Morgan fingerprint density at radius 2 is 1.85 bits per heavy atom. The number of nitrogens with one attached hydrogen (secondary N) is 1. The van der Waals surface area contributed by atoms with Crippen molar-refractivity contribution in [3.05, 3.63) is 77.5 Å². The second-order valence-electron chi connectivity index (χ2n) is 6.93. The summed E-state index contributed by atoms with van der Waals surface area (Å²) in [7, 11) is 0. The Labute approximate surface area is 155 Å². The number of fused-ring (bicyclic) bond motifs is 2. The Balaban J connectivity index is 1.42. The molecule has 6 heteroatoms. The molecule has 134 valence electrons. The number of aromatic nitrogens is 1. The Kier molecular flexibility index (Phi) is 3.40. The number of amides is 3. The largest absolute Gasteiger partial charge is 0.356 e. The van der Waals surface area contributed by atoms with Gasteiger partial charge in [-0.3, -0.25) is 9.69 Å². The molecule has 0 radical (unpaired) electrons. The SMILES string of the molecule is O=C1N[C@]2(CCc3ccccc32)C(=O)N1Cc1cc(-c2ccccc2)on1. The van der Waals surface area contributed by atoms with Gasteiger partial charge in [0.05, 0.1) is 6.54 Å². The van der Waals surface area contributed by atoms with Crippen LogP contribution in [0.3, 0.4) is 0 Å². The topological polar surface area (TPSA) is 75.4 Å². The predicted molar refractivity (Wildman–Crippen MR) is 97.5 cm³/mol. The minimum atomic E-state index is -0.945. The Morgan fingerprint density at radius 1 is 1.07 bits per heavy atom. The number of carbonyl (C=O) groups excluding carboxylic acids is 2. The zero-order valence-corrected chi connectivity index (χ0v) is 14.5. The van der Waals surface area contributed by atoms with Crippen molar-refractivity contribution >= 4 is 11.9 Å². The van der Waals surface area contributed by atoms with Gasteiger partial charge in [0.15, 0.2) is 5.76 Å². The highest BCUT2D eigenvalue weighted by molar-refractivity contribution is 6.08. The van der Waals surface area contributed by atoms with Crippen molar-refractivity contribution in [2.75, 3.05) is 0 Å². The fourth-order valence-electron chi connectivity index (χ4n) is 4.02. The van der Waals surface area contributed by atoms with Gasteiger partial charge in [0.25, 0.3) is 5.91 Å². The number of hydrogen-bond donors (Lipinski definition) is 1. The van der Waals surface area contributed by atoms with Crippen LogP contribution in [0.1, 0.15) is 23.2 Å². The van der Waals surface area contributed by atoms with Crippen LogP contribution in [0, 0.1) is 0 Å². The summed E-state index contributed by atoms with van der Waals surface area (Å²) < 4.78 is 5.39. The maximum Gasteiger partial charge on any atom is 0.325 e. The lowest BCUT2D eigenvalue weighted by Gasteiger charge is -2.22. The molecule has 0 saturated carbocycles. The first-order valence-corrected chi connectivity index (χ1v) is 8.91. The third kappa shape index (κ3) is 2.37. The van der Waals surface area contributed by atoms with Crippen LogP contribution in [-0.4, -0.2) is 22.0 Å². The van der Waals surface area contributed by atoms with Crippen molar-refractivity contribution < 1.29 is 14.1 Å². The molecule has 2 aromatic carbocycles. The number of imide groups is 1. The number of benzene rings is 2. The molecule has 1 saturated heterocycles. The van der Waals surface area contributed by atoms with Gasteiger partial charge in [-0.2, -0.15) is 0 Å². The first-order chi connectivity index (χ1) is 13.2. The molecule has 5 rings (SSSR count). The van der Waals surface area contributed by atoms with E-state index in [0.29, 0.717) is 17.9 Å². The average Bonchev–Trinajstić information content (AvgIpc) is 3.38. The van der Waals surface area contributed by atoms with Crippen molar-refractivity contribution in [1.82, 2.24) is 15.4 Å². The fourth-order valence-corrected chi connectivity index (χ4v) is 4.02. The highest BCUT2D eigenvalue weighted by Crippen LogP contribution is 2.41. The van der Waals surface area contributed by atoms with Gasteiger partial charge < -0.3 is 9.84 Å². The molecule has 1 atom stereocenters. The normalized spacial score (nSPS) is 21.0. The quantitative estimate of drug-likeness (QED) is 0.729. The molecule has 0 bridgehead atoms. The average molecular weight is 359 g/mol. The molecule has 1 spiro atoms. The molecule has 27 heavy (non-hydrogen) atoms. The standard InChI is InChI=1S/C21H17N3O3/c25-19-21(11-10-14-6-4-5-9-17(14)21)22-20(26)24(19)13-16-12-18(27-23-16)15-7-2-1-3-8-15/h1-9,12H,10-11,13H2,(H,22,26)/t21-/m0/s1. The van der Waals surface area contributed by atoms with Gasteiger partial charge in [0.2, 0.25) is 0 Å². The lowest BCUT2D eigenvalue weighted by Crippen LogP contribution is -2.41. The minimum Gasteiger partial charge on any atom is -0.356 e. The maximum absolute atomic E-state index is 13.2. The Hall–Kier alpha value is -3.41. The predicted octanol–water partition coefficient (Wildman–Crippen LogP) is 3.24. The molecule has 3 amide bonds. The molecule has 6 nitrogen and oxygen atoms in total. The van der Waals surface area contributed by atoms with Crippen LogP contribution in [-0.2, 0) is 23.3 Å². The van der Waals surface area contributed by atoms with E-state index in [2.05, 4.69) is 10.5 Å². The number of hydrogen-bond acceptors (Lipinski definition) is 4. The second-order valence-corrected chi connectivity index (χ2v) is 6.93. The smallest absolute Gasteiger partial charge is 0.325 e.